The van der Waals surface area contributed by atoms with Gasteiger partial charge >= 0.3 is 6.09 Å². The van der Waals surface area contributed by atoms with E-state index in [1.807, 2.05) is 67.9 Å². The second-order valence-electron chi connectivity index (χ2n) is 12.5. The monoisotopic (exact) mass is 651 g/mol. The van der Waals surface area contributed by atoms with Crippen LogP contribution in [-0.2, 0) is 11.3 Å². The van der Waals surface area contributed by atoms with Gasteiger partial charge in [0, 0.05) is 50.2 Å². The Morgan fingerprint density at radius 2 is 1.62 bits per heavy atom. The summed E-state index contributed by atoms with van der Waals surface area (Å²) in [7, 11) is 1.43. The molecule has 0 bridgehead atoms. The molecule has 1 saturated heterocycles. The maximum Gasteiger partial charge on any atom is 0.410 e. The first-order valence-corrected chi connectivity index (χ1v) is 15.7. The molecule has 48 heavy (non-hydrogen) atoms. The fourth-order valence-electron chi connectivity index (χ4n) is 5.68. The van der Waals surface area contributed by atoms with Crippen LogP contribution in [0.4, 0.5) is 20.7 Å². The van der Waals surface area contributed by atoms with Gasteiger partial charge in [0.05, 0.1) is 29.3 Å². The third kappa shape index (κ3) is 6.87. The van der Waals surface area contributed by atoms with Gasteiger partial charge in [0.1, 0.15) is 28.7 Å². The number of rotatable bonds is 7. The quantitative estimate of drug-likeness (QED) is 0.226. The van der Waals surface area contributed by atoms with Crippen molar-refractivity contribution >= 4 is 34.4 Å². The molecule has 5 aromatic rings. The predicted molar refractivity (Wildman–Crippen MR) is 183 cm³/mol. The highest BCUT2D eigenvalue weighted by atomic mass is 19.1. The molecule has 0 radical (unpaired) electrons. The van der Waals surface area contributed by atoms with Crippen LogP contribution in [0.25, 0.3) is 27.8 Å². The van der Waals surface area contributed by atoms with E-state index in [1.165, 1.54) is 19.2 Å². The lowest BCUT2D eigenvalue weighted by Crippen LogP contribution is -2.50. The van der Waals surface area contributed by atoms with Crippen LogP contribution in [0.1, 0.15) is 36.7 Å². The van der Waals surface area contributed by atoms with Gasteiger partial charge in [-0.2, -0.15) is 5.10 Å². The number of halogens is 1. The highest BCUT2D eigenvalue weighted by Crippen LogP contribution is 2.33. The number of methoxy groups -OCH3 is 1. The molecule has 0 saturated carbocycles. The van der Waals surface area contributed by atoms with Gasteiger partial charge < -0.3 is 30.3 Å². The smallest absolute Gasteiger partial charge is 0.410 e. The fourth-order valence-corrected chi connectivity index (χ4v) is 5.68. The van der Waals surface area contributed by atoms with Crippen molar-refractivity contribution in [3.8, 4) is 22.7 Å². The van der Waals surface area contributed by atoms with E-state index in [0.717, 1.165) is 39.5 Å². The number of nitrogens with zero attached hydrogens (tertiary/aromatic N) is 5. The van der Waals surface area contributed by atoms with E-state index in [1.54, 1.807) is 11.1 Å². The highest BCUT2D eigenvalue weighted by molar-refractivity contribution is 6.01. The summed E-state index contributed by atoms with van der Waals surface area (Å²) in [6.45, 7) is 8.43. The van der Waals surface area contributed by atoms with Crippen LogP contribution in [0.2, 0.25) is 0 Å². The fraction of sp³-hybridized carbons (Fsp3) is 0.278. The zero-order chi connectivity index (χ0) is 34.0. The molecule has 1 fully saturated rings. The number of ether oxygens (including phenoxy) is 2. The summed E-state index contributed by atoms with van der Waals surface area (Å²) in [6, 6.07) is 21.5. The topological polar surface area (TPSA) is 128 Å². The van der Waals surface area contributed by atoms with Crippen LogP contribution in [0, 0.1) is 5.82 Å². The largest absolute Gasteiger partial charge is 0.496 e. The molecule has 0 unspecified atom stereocenters. The van der Waals surface area contributed by atoms with Gasteiger partial charge in [0.15, 0.2) is 0 Å². The average molecular weight is 652 g/mol. The van der Waals surface area contributed by atoms with Gasteiger partial charge in [-0.15, -0.1) is 0 Å². The Morgan fingerprint density at radius 3 is 2.29 bits per heavy atom. The van der Waals surface area contributed by atoms with E-state index in [4.69, 9.17) is 20.3 Å². The van der Waals surface area contributed by atoms with Gasteiger partial charge in [-0.25, -0.2) is 18.9 Å². The lowest BCUT2D eigenvalue weighted by Gasteiger charge is -2.36. The molecule has 1 aliphatic rings. The molecule has 2 amide bonds. The van der Waals surface area contributed by atoms with Gasteiger partial charge in [0.2, 0.25) is 0 Å². The standard InChI is InChI=1S/C36H38FN7O4/c1-36(2,3)48-35(46)43-19-17-42(18-20-43)26-10-12-27(13-11-26)44-29-15-16-39-33(38)31(29)32(41-44)24-7-5-23(6-8-24)22-40-34(45)28-21-25(37)9-14-30(28)47-4/h5-16,21H,17-20,22H2,1-4H3,(H2,38,39)(H,40,45). The van der Waals surface area contributed by atoms with Gasteiger partial charge in [-0.3, -0.25) is 4.79 Å². The number of nitrogens with one attached hydrogen (secondary N) is 1. The first kappa shape index (κ1) is 32.3. The number of anilines is 2. The number of fused-ring (bicyclic) bond motifs is 1. The molecular weight excluding hydrogens is 613 g/mol. The summed E-state index contributed by atoms with van der Waals surface area (Å²) in [6.07, 6.45) is 1.38. The average Bonchev–Trinajstić information content (AvgIpc) is 3.48. The number of amides is 2. The normalized spacial score (nSPS) is 13.4. The highest BCUT2D eigenvalue weighted by Gasteiger charge is 2.26. The van der Waals surface area contributed by atoms with Crippen LogP contribution in [-0.4, -0.2) is 70.6 Å². The molecule has 0 aliphatic carbocycles. The molecule has 6 rings (SSSR count). The van der Waals surface area contributed by atoms with E-state index in [0.29, 0.717) is 43.4 Å². The Kier molecular flexibility index (Phi) is 8.90. The summed E-state index contributed by atoms with van der Waals surface area (Å²) in [5.74, 6) is -0.288. The van der Waals surface area contributed by atoms with Crippen molar-refractivity contribution in [2.75, 3.05) is 43.9 Å². The van der Waals surface area contributed by atoms with E-state index in [2.05, 4.69) is 27.3 Å². The van der Waals surface area contributed by atoms with Crippen molar-refractivity contribution in [1.82, 2.24) is 25.0 Å². The summed E-state index contributed by atoms with van der Waals surface area (Å²) in [4.78, 5) is 33.5. The first-order valence-electron chi connectivity index (χ1n) is 15.7. The Balaban J connectivity index is 1.17. The number of carbonyl (C=O) groups excluding carboxylic acids is 2. The summed E-state index contributed by atoms with van der Waals surface area (Å²) in [5, 5.41) is 8.53. The van der Waals surface area contributed by atoms with Crippen LogP contribution in [0.15, 0.2) is 79.0 Å². The second kappa shape index (κ2) is 13.2. The van der Waals surface area contributed by atoms with E-state index >= 15 is 0 Å². The van der Waals surface area contributed by atoms with Gasteiger partial charge in [0.25, 0.3) is 5.91 Å². The lowest BCUT2D eigenvalue weighted by molar-refractivity contribution is 0.0240. The number of nitrogen functional groups attached to an aromatic ring is 1. The second-order valence-corrected chi connectivity index (χ2v) is 12.5. The minimum Gasteiger partial charge on any atom is -0.496 e. The maximum absolute atomic E-state index is 13.8. The van der Waals surface area contributed by atoms with Crippen molar-refractivity contribution in [2.24, 2.45) is 0 Å². The predicted octanol–water partition coefficient (Wildman–Crippen LogP) is 5.80. The number of hydrogen-bond acceptors (Lipinski definition) is 8. The third-order valence-corrected chi connectivity index (χ3v) is 8.10. The minimum atomic E-state index is -0.522. The molecule has 0 spiro atoms. The van der Waals surface area contributed by atoms with Crippen molar-refractivity contribution in [3.05, 3.63) is 95.9 Å². The number of carbonyl (C=O) groups is 2. The number of hydrogen-bond donors (Lipinski definition) is 2. The van der Waals surface area contributed by atoms with E-state index in [-0.39, 0.29) is 18.2 Å². The van der Waals surface area contributed by atoms with Crippen LogP contribution < -0.4 is 20.7 Å². The molecule has 3 N–H and O–H groups in total. The molecule has 1 aliphatic heterocycles. The Morgan fingerprint density at radius 1 is 0.938 bits per heavy atom. The Hall–Kier alpha value is -5.65. The van der Waals surface area contributed by atoms with Crippen molar-refractivity contribution < 1.29 is 23.5 Å². The number of nitrogens with two attached hydrogens (primary N) is 1. The van der Waals surface area contributed by atoms with E-state index < -0.39 is 17.3 Å². The molecule has 12 heteroatoms. The maximum atomic E-state index is 13.8. The van der Waals surface area contributed by atoms with Gasteiger partial charge in [-0.05, 0) is 74.9 Å². The number of pyridine rings is 1. The van der Waals surface area contributed by atoms with Gasteiger partial charge in [-0.1, -0.05) is 24.3 Å². The zero-order valence-electron chi connectivity index (χ0n) is 27.4. The molecule has 3 aromatic carbocycles. The van der Waals surface area contributed by atoms with Crippen LogP contribution >= 0.6 is 0 Å². The van der Waals surface area contributed by atoms with Crippen LogP contribution in [0.5, 0.6) is 5.75 Å². The zero-order valence-corrected chi connectivity index (χ0v) is 27.4. The summed E-state index contributed by atoms with van der Waals surface area (Å²) in [5.41, 5.74) is 11.1. The lowest BCUT2D eigenvalue weighted by atomic mass is 10.1. The number of piperazine rings is 1. The number of benzene rings is 3. The molecule has 248 valence electrons. The van der Waals surface area contributed by atoms with Crippen LogP contribution in [0.3, 0.4) is 0 Å². The summed E-state index contributed by atoms with van der Waals surface area (Å²) >= 11 is 0. The molecule has 0 atom stereocenters. The van der Waals surface area contributed by atoms with Crippen molar-refractivity contribution in [3.63, 3.8) is 0 Å². The molecule has 2 aromatic heterocycles. The molecular formula is C36H38FN7O4. The van der Waals surface area contributed by atoms with Crippen molar-refractivity contribution in [1.29, 1.82) is 0 Å². The van der Waals surface area contributed by atoms with E-state index in [9.17, 15) is 14.0 Å². The number of aromatic nitrogens is 3. The third-order valence-electron chi connectivity index (χ3n) is 8.10. The summed E-state index contributed by atoms with van der Waals surface area (Å²) < 4.78 is 26.3. The molecule has 11 nitrogen and oxygen atoms in total. The molecule has 3 heterocycles. The Labute approximate surface area is 278 Å². The van der Waals surface area contributed by atoms with Crippen molar-refractivity contribution in [2.45, 2.75) is 32.9 Å². The first-order chi connectivity index (χ1) is 23.0. The minimum absolute atomic E-state index is 0.128. The SMILES string of the molecule is COc1ccc(F)cc1C(=O)NCc1ccc(-c2nn(-c3ccc(N4CCN(C(=O)OC(C)(C)C)CC4)cc3)c3ccnc(N)c23)cc1. The Bertz CT molecular complexity index is 1940.